The molecule has 0 radical (unpaired) electrons. The number of carbonyl (C=O) groups is 4. The number of aliphatic hydroxyl groups excluding tert-OH is 1. The summed E-state index contributed by atoms with van der Waals surface area (Å²) in [4.78, 5) is 72.9. The third-order valence-corrected chi connectivity index (χ3v) is 21.0. The van der Waals surface area contributed by atoms with Crippen molar-refractivity contribution in [2.45, 2.75) is 426 Å². The number of hydrogen-bond acceptors (Lipinski definition) is 15. The molecule has 0 heterocycles. The minimum Gasteiger partial charge on any atom is -0.462 e. The first-order valence-corrected chi connectivity index (χ1v) is 43.9. The molecular formula is C79H154O17P2. The summed E-state index contributed by atoms with van der Waals surface area (Å²) in [6.45, 7) is 12.0. The Bertz CT molecular complexity index is 1910. The van der Waals surface area contributed by atoms with E-state index in [4.69, 9.17) is 37.0 Å². The standard InChI is InChI=1S/C79H154O17P2/c1-8-11-12-13-14-15-24-31-39-46-53-60-76(81)89-67-75(96-79(84)63-56-49-42-35-34-38-45-52-59-72(7)10-3)69-94-98(87,88)92-65-73(80)64-91-97(85,86)93-68-74(66-90-77(82)61-54-47-40-32-28-27-29-36-43-50-57-70(4)5)95-78(83)62-55-48-41-33-26-23-21-19-17-16-18-20-22-25-30-37-44-51-58-71(6)9-2/h70-75,80H,8-69H2,1-7H3,(H,85,86)(H,87,88)/t71?,72?,73-,74-,75-/m1/s1. The van der Waals surface area contributed by atoms with Gasteiger partial charge < -0.3 is 33.8 Å². The van der Waals surface area contributed by atoms with Crippen molar-refractivity contribution in [2.24, 2.45) is 17.8 Å². The molecule has 0 spiro atoms. The number of aliphatic hydroxyl groups is 1. The van der Waals surface area contributed by atoms with E-state index in [2.05, 4.69) is 48.5 Å². The Balaban J connectivity index is 5.21. The van der Waals surface area contributed by atoms with Crippen LogP contribution >= 0.6 is 15.6 Å². The maximum absolute atomic E-state index is 13.1. The van der Waals surface area contributed by atoms with Crippen LogP contribution in [0.25, 0.3) is 0 Å². The lowest BCUT2D eigenvalue weighted by Crippen LogP contribution is -2.30. The van der Waals surface area contributed by atoms with Gasteiger partial charge in [0.15, 0.2) is 12.2 Å². The first-order valence-electron chi connectivity index (χ1n) is 40.9. The quantitative estimate of drug-likeness (QED) is 0.0222. The number of phosphoric ester groups is 2. The summed E-state index contributed by atoms with van der Waals surface area (Å²) >= 11 is 0. The fourth-order valence-electron chi connectivity index (χ4n) is 12.1. The van der Waals surface area contributed by atoms with Crippen molar-refractivity contribution in [3.05, 3.63) is 0 Å². The van der Waals surface area contributed by atoms with E-state index in [1.807, 2.05) is 0 Å². The molecule has 0 aromatic carbocycles. The van der Waals surface area contributed by atoms with Crippen molar-refractivity contribution in [3.8, 4) is 0 Å². The van der Waals surface area contributed by atoms with Crippen LogP contribution in [0.4, 0.5) is 0 Å². The maximum atomic E-state index is 13.1. The molecule has 0 rings (SSSR count). The smallest absolute Gasteiger partial charge is 0.462 e. The zero-order valence-corrected chi connectivity index (χ0v) is 66.0. The molecule has 0 bridgehead atoms. The van der Waals surface area contributed by atoms with Gasteiger partial charge in [0.25, 0.3) is 0 Å². The summed E-state index contributed by atoms with van der Waals surface area (Å²) in [5, 5.41) is 10.6. The highest BCUT2D eigenvalue weighted by molar-refractivity contribution is 7.47. The molecule has 0 aliphatic heterocycles. The van der Waals surface area contributed by atoms with Gasteiger partial charge in [-0.2, -0.15) is 0 Å². The molecule has 98 heavy (non-hydrogen) atoms. The van der Waals surface area contributed by atoms with E-state index in [1.54, 1.807) is 0 Å². The molecule has 4 unspecified atom stereocenters. The molecule has 0 saturated carbocycles. The van der Waals surface area contributed by atoms with Crippen LogP contribution in [0.5, 0.6) is 0 Å². The topological polar surface area (TPSA) is 237 Å². The number of hydrogen-bond donors (Lipinski definition) is 3. The van der Waals surface area contributed by atoms with Gasteiger partial charge in [0.1, 0.15) is 19.3 Å². The van der Waals surface area contributed by atoms with Gasteiger partial charge in [-0.15, -0.1) is 0 Å². The summed E-state index contributed by atoms with van der Waals surface area (Å²) in [6, 6.07) is 0. The number of rotatable bonds is 77. The fourth-order valence-corrected chi connectivity index (χ4v) is 13.6. The molecule has 0 amide bonds. The molecule has 0 aromatic rings. The normalized spacial score (nSPS) is 14.6. The van der Waals surface area contributed by atoms with Crippen LogP contribution in [0, 0.1) is 17.8 Å². The Morgan fingerprint density at radius 3 is 0.776 bits per heavy atom. The Morgan fingerprint density at radius 2 is 0.520 bits per heavy atom. The van der Waals surface area contributed by atoms with Crippen LogP contribution in [0.1, 0.15) is 408 Å². The van der Waals surface area contributed by atoms with Crippen LogP contribution in [-0.4, -0.2) is 96.7 Å². The van der Waals surface area contributed by atoms with E-state index in [0.29, 0.717) is 25.7 Å². The number of carbonyl (C=O) groups excluding carboxylic acids is 4. The maximum Gasteiger partial charge on any atom is 0.472 e. The van der Waals surface area contributed by atoms with Crippen LogP contribution in [-0.2, 0) is 65.4 Å². The number of ether oxygens (including phenoxy) is 4. The average molecular weight is 1440 g/mol. The van der Waals surface area contributed by atoms with E-state index in [9.17, 15) is 43.2 Å². The molecule has 17 nitrogen and oxygen atoms in total. The molecule has 19 heteroatoms. The van der Waals surface area contributed by atoms with Gasteiger partial charge in [-0.3, -0.25) is 37.3 Å². The fraction of sp³-hybridized carbons (Fsp3) is 0.949. The molecule has 0 aliphatic carbocycles. The lowest BCUT2D eigenvalue weighted by Gasteiger charge is -2.21. The first-order chi connectivity index (χ1) is 47.3. The third-order valence-electron chi connectivity index (χ3n) is 19.1. The van der Waals surface area contributed by atoms with E-state index in [-0.39, 0.29) is 25.7 Å². The predicted octanol–water partition coefficient (Wildman–Crippen LogP) is 23.4. The molecule has 0 fully saturated rings. The third kappa shape index (κ3) is 69.8. The summed E-state index contributed by atoms with van der Waals surface area (Å²) in [6.07, 6.45) is 56.8. The first kappa shape index (κ1) is 96.1. The summed E-state index contributed by atoms with van der Waals surface area (Å²) in [5.74, 6) is 0.284. The second kappa shape index (κ2) is 69.4. The van der Waals surface area contributed by atoms with Gasteiger partial charge in [0.2, 0.25) is 0 Å². The van der Waals surface area contributed by atoms with Crippen LogP contribution in [0.15, 0.2) is 0 Å². The molecule has 0 aromatic heterocycles. The minimum absolute atomic E-state index is 0.105. The average Bonchev–Trinajstić information content (AvgIpc) is 0.975. The van der Waals surface area contributed by atoms with Gasteiger partial charge in [-0.05, 0) is 43.4 Å². The van der Waals surface area contributed by atoms with Crippen molar-refractivity contribution in [2.75, 3.05) is 39.6 Å². The Kier molecular flexibility index (Phi) is 68.1. The molecule has 0 aliphatic rings. The Hall–Kier alpha value is -1.94. The summed E-state index contributed by atoms with van der Waals surface area (Å²) < 4.78 is 68.6. The minimum atomic E-state index is -4.96. The summed E-state index contributed by atoms with van der Waals surface area (Å²) in [7, 11) is -9.92. The van der Waals surface area contributed by atoms with Crippen molar-refractivity contribution in [1.82, 2.24) is 0 Å². The highest BCUT2D eigenvalue weighted by Gasteiger charge is 2.30. The van der Waals surface area contributed by atoms with E-state index in [1.165, 1.54) is 218 Å². The molecule has 0 saturated heterocycles. The highest BCUT2D eigenvalue weighted by atomic mass is 31.2. The molecular weight excluding hydrogens is 1280 g/mol. The van der Waals surface area contributed by atoms with Gasteiger partial charge in [-0.25, -0.2) is 9.13 Å². The van der Waals surface area contributed by atoms with Gasteiger partial charge in [-0.1, -0.05) is 357 Å². The second-order valence-corrected chi connectivity index (χ2v) is 32.3. The van der Waals surface area contributed by atoms with Crippen molar-refractivity contribution < 1.29 is 80.2 Å². The number of phosphoric acid groups is 2. The van der Waals surface area contributed by atoms with Crippen molar-refractivity contribution in [1.29, 1.82) is 0 Å². The monoisotopic (exact) mass is 1440 g/mol. The van der Waals surface area contributed by atoms with Gasteiger partial charge >= 0.3 is 39.5 Å². The largest absolute Gasteiger partial charge is 0.472 e. The predicted molar refractivity (Wildman–Crippen MR) is 400 cm³/mol. The van der Waals surface area contributed by atoms with Gasteiger partial charge in [0.05, 0.1) is 26.4 Å². The van der Waals surface area contributed by atoms with Crippen molar-refractivity contribution in [3.63, 3.8) is 0 Å². The lowest BCUT2D eigenvalue weighted by atomic mass is 9.99. The lowest BCUT2D eigenvalue weighted by molar-refractivity contribution is -0.161. The van der Waals surface area contributed by atoms with Gasteiger partial charge in [0, 0.05) is 25.7 Å². The number of unbranched alkanes of at least 4 members (excludes halogenated alkanes) is 43. The van der Waals surface area contributed by atoms with Crippen LogP contribution in [0.2, 0.25) is 0 Å². The Morgan fingerprint density at radius 1 is 0.296 bits per heavy atom. The van der Waals surface area contributed by atoms with E-state index < -0.39 is 97.5 Å². The zero-order valence-electron chi connectivity index (χ0n) is 64.3. The Labute approximate surface area is 600 Å². The van der Waals surface area contributed by atoms with Crippen LogP contribution < -0.4 is 0 Å². The van der Waals surface area contributed by atoms with Crippen molar-refractivity contribution >= 4 is 39.5 Å². The SMILES string of the molecule is CCCCCCCCCCCCCC(=O)OC[C@H](COP(=O)(O)OC[C@H](O)COP(=O)(O)OC[C@@H](COC(=O)CCCCCCCCCCCCC(C)C)OC(=O)CCCCCCCCCCCCCCCCCCCCC(C)CC)OC(=O)CCCCCCCCCCC(C)CC. The highest BCUT2D eigenvalue weighted by Crippen LogP contribution is 2.45. The van der Waals surface area contributed by atoms with E-state index in [0.717, 1.165) is 108 Å². The molecule has 7 atom stereocenters. The molecule has 582 valence electrons. The van der Waals surface area contributed by atoms with E-state index >= 15 is 0 Å². The molecule has 3 N–H and O–H groups in total. The summed E-state index contributed by atoms with van der Waals surface area (Å²) in [5.41, 5.74) is 0. The second-order valence-electron chi connectivity index (χ2n) is 29.4. The number of esters is 4. The zero-order chi connectivity index (χ0) is 72.3. The van der Waals surface area contributed by atoms with Crippen LogP contribution in [0.3, 0.4) is 0 Å².